The van der Waals surface area contributed by atoms with Crippen molar-refractivity contribution in [2.45, 2.75) is 28.5 Å². The number of rotatable bonds is 5. The van der Waals surface area contributed by atoms with Gasteiger partial charge in [0, 0.05) is 23.6 Å². The molecule has 4 amide bonds. The Balaban J connectivity index is 1.43. The highest BCUT2D eigenvalue weighted by molar-refractivity contribution is 6.58. The van der Waals surface area contributed by atoms with E-state index in [0.717, 1.165) is 17.0 Å². The van der Waals surface area contributed by atoms with Gasteiger partial charge in [0.15, 0.2) is 44.5 Å². The number of imide groups is 2. The van der Waals surface area contributed by atoms with Crippen LogP contribution >= 0.6 is 23.2 Å². The molecule has 0 aromatic heterocycles. The molecule has 3 fully saturated rings. The van der Waals surface area contributed by atoms with Crippen molar-refractivity contribution in [2.75, 3.05) is 16.9 Å². The summed E-state index contributed by atoms with van der Waals surface area (Å²) in [6.45, 7) is 0. The van der Waals surface area contributed by atoms with Crippen LogP contribution in [-0.4, -0.2) is 50.5 Å². The molecule has 0 bridgehead atoms. The highest BCUT2D eigenvalue weighted by Gasteiger charge is 2.77. The van der Waals surface area contributed by atoms with E-state index in [2.05, 4.69) is 0 Å². The lowest BCUT2D eigenvalue weighted by Gasteiger charge is -2.50. The number of carbonyl (C=O) groups excluding carboxylic acids is 4. The number of anilines is 2. The van der Waals surface area contributed by atoms with Crippen molar-refractivity contribution in [3.8, 4) is 11.5 Å². The van der Waals surface area contributed by atoms with Crippen LogP contribution in [0.3, 0.4) is 0 Å². The molecule has 2 aliphatic carbocycles. The molecule has 0 unspecified atom stereocenters. The molecule has 3 aromatic carbocycles. The number of carbonyl (C=O) groups is 4. The van der Waals surface area contributed by atoms with Crippen LogP contribution in [0.5, 0.6) is 11.5 Å². The first-order chi connectivity index (χ1) is 24.0. The summed E-state index contributed by atoms with van der Waals surface area (Å²) in [5.41, 5.74) is -2.37. The molecule has 0 spiro atoms. The minimum atomic E-state index is -2.84. The van der Waals surface area contributed by atoms with E-state index in [1.807, 2.05) is 0 Å². The van der Waals surface area contributed by atoms with Crippen molar-refractivity contribution in [2.24, 2.45) is 17.8 Å². The molecule has 11 nitrogen and oxygen atoms in total. The zero-order chi connectivity index (χ0) is 37.1. The Hall–Kier alpha value is -5.09. The Kier molecular flexibility index (Phi) is 7.72. The molecule has 2 heterocycles. The quantitative estimate of drug-likeness (QED) is 0.0505. The van der Waals surface area contributed by atoms with Crippen molar-refractivity contribution in [1.82, 2.24) is 0 Å². The molecule has 3 aromatic rings. The van der Waals surface area contributed by atoms with Gasteiger partial charge in [-0.2, -0.15) is 0 Å². The van der Waals surface area contributed by atoms with Crippen LogP contribution in [0, 0.1) is 57.0 Å². The fourth-order valence-electron chi connectivity index (χ4n) is 7.83. The van der Waals surface area contributed by atoms with Gasteiger partial charge in [-0.1, -0.05) is 23.8 Å². The summed E-state index contributed by atoms with van der Waals surface area (Å²) in [4.78, 5) is 61.9. The van der Waals surface area contributed by atoms with Crippen LogP contribution in [0.15, 0.2) is 54.1 Å². The Morgan fingerprint density at radius 3 is 2.06 bits per heavy atom. The van der Waals surface area contributed by atoms with E-state index in [-0.39, 0.29) is 39.6 Å². The highest BCUT2D eigenvalue weighted by Crippen LogP contribution is 2.67. The average molecular weight is 752 g/mol. The van der Waals surface area contributed by atoms with Gasteiger partial charge in [-0.3, -0.25) is 34.2 Å². The maximum atomic E-state index is 15.2. The first-order valence-electron chi connectivity index (χ1n) is 15.0. The normalized spacial score (nSPS) is 28.4. The van der Waals surface area contributed by atoms with E-state index in [1.165, 1.54) is 43.5 Å². The molecule has 2 aliphatic heterocycles. The molecular formula is C33H20Cl2F5N3O8. The summed E-state index contributed by atoms with van der Waals surface area (Å²) in [7, 11) is 1.19. The predicted molar refractivity (Wildman–Crippen MR) is 167 cm³/mol. The van der Waals surface area contributed by atoms with Gasteiger partial charge in [-0.15, -0.1) is 23.2 Å². The summed E-state index contributed by atoms with van der Waals surface area (Å²) in [5, 5.41) is 22.5. The standard InChI is InChI=1S/C33H20Cl2F5N3O8/c1-51-18-4-2-3-16(27(18)44)20-14-9-10-15-19(29(46)41(28(15)45)12-5-7-13(8-6-12)43(49)50)17(14)11-32(34)30(47)42(31(48)33(20,32)35)26-24(39)22(37)21(36)23(38)25(26)40/h2-9,15,17,19-20,44H,10-11H2,1H3/t15-,17+,19-,20+,32+,33-/m0/s1. The molecule has 1 saturated carbocycles. The summed E-state index contributed by atoms with van der Waals surface area (Å²) in [6.07, 6.45) is 0.548. The number of benzene rings is 3. The number of allylic oxidation sites excluding steroid dienone is 2. The van der Waals surface area contributed by atoms with Crippen LogP contribution in [0.1, 0.15) is 24.3 Å². The number of phenols is 1. The number of alkyl halides is 2. The van der Waals surface area contributed by atoms with Crippen LogP contribution in [0.25, 0.3) is 0 Å². The van der Waals surface area contributed by atoms with Crippen molar-refractivity contribution in [1.29, 1.82) is 0 Å². The molecule has 6 atom stereocenters. The van der Waals surface area contributed by atoms with E-state index in [1.54, 1.807) is 0 Å². The number of halogens is 7. The molecule has 4 aliphatic rings. The van der Waals surface area contributed by atoms with Gasteiger partial charge < -0.3 is 9.84 Å². The predicted octanol–water partition coefficient (Wildman–Crippen LogP) is 5.77. The number of non-ortho nitro benzene ring substituents is 1. The third-order valence-corrected chi connectivity index (χ3v) is 11.5. The first-order valence-corrected chi connectivity index (χ1v) is 15.7. The van der Waals surface area contributed by atoms with Gasteiger partial charge in [0.2, 0.25) is 17.6 Å². The molecular weight excluding hydrogens is 732 g/mol. The summed E-state index contributed by atoms with van der Waals surface area (Å²) in [5.74, 6) is -23.6. The van der Waals surface area contributed by atoms with E-state index in [0.29, 0.717) is 0 Å². The number of nitro groups is 1. The smallest absolute Gasteiger partial charge is 0.269 e. The number of ether oxygens (including phenoxy) is 1. The topological polar surface area (TPSA) is 147 Å². The van der Waals surface area contributed by atoms with Gasteiger partial charge in [0.1, 0.15) is 5.69 Å². The number of amides is 4. The number of nitro benzene ring substituents is 1. The van der Waals surface area contributed by atoms with Crippen LogP contribution in [0.4, 0.5) is 39.0 Å². The third kappa shape index (κ3) is 4.35. The number of hydrogen-bond donors (Lipinski definition) is 1. The molecule has 18 heteroatoms. The monoisotopic (exact) mass is 751 g/mol. The maximum Gasteiger partial charge on any atom is 0.269 e. The lowest BCUT2D eigenvalue weighted by Crippen LogP contribution is -2.60. The van der Waals surface area contributed by atoms with Crippen LogP contribution < -0.4 is 14.5 Å². The van der Waals surface area contributed by atoms with Crippen LogP contribution in [0.2, 0.25) is 0 Å². The summed E-state index contributed by atoms with van der Waals surface area (Å²) >= 11 is 14.1. The Morgan fingerprint density at radius 2 is 1.47 bits per heavy atom. The van der Waals surface area contributed by atoms with Gasteiger partial charge in [0.25, 0.3) is 17.5 Å². The van der Waals surface area contributed by atoms with Crippen molar-refractivity contribution in [3.05, 3.63) is 98.9 Å². The largest absolute Gasteiger partial charge is 0.504 e. The second-order valence-corrected chi connectivity index (χ2v) is 13.6. The molecule has 264 valence electrons. The van der Waals surface area contributed by atoms with E-state index in [4.69, 9.17) is 27.9 Å². The van der Waals surface area contributed by atoms with Gasteiger partial charge >= 0.3 is 0 Å². The number of fused-ring (bicyclic) bond motifs is 4. The fraction of sp³-hybridized carbons (Fsp3) is 0.273. The van der Waals surface area contributed by atoms with Crippen LogP contribution in [-0.2, 0) is 19.2 Å². The van der Waals surface area contributed by atoms with Crippen molar-refractivity contribution in [3.63, 3.8) is 0 Å². The molecule has 1 N–H and O–H groups in total. The minimum absolute atomic E-state index is 0.0127. The maximum absolute atomic E-state index is 15.2. The van der Waals surface area contributed by atoms with Crippen molar-refractivity contribution >= 4 is 63.9 Å². The van der Waals surface area contributed by atoms with E-state index in [9.17, 15) is 47.6 Å². The molecule has 51 heavy (non-hydrogen) atoms. The number of hydrogen-bond acceptors (Lipinski definition) is 8. The van der Waals surface area contributed by atoms with Crippen molar-refractivity contribution < 1.29 is 55.9 Å². The lowest BCUT2D eigenvalue weighted by molar-refractivity contribution is -0.384. The Morgan fingerprint density at radius 1 is 0.863 bits per heavy atom. The third-order valence-electron chi connectivity index (χ3n) is 10.1. The molecule has 0 radical (unpaired) electrons. The second kappa shape index (κ2) is 11.5. The highest BCUT2D eigenvalue weighted by atomic mass is 35.5. The fourth-order valence-corrected chi connectivity index (χ4v) is 8.75. The first kappa shape index (κ1) is 34.4. The number of methoxy groups -OCH3 is 1. The number of aromatic hydroxyl groups is 1. The summed E-state index contributed by atoms with van der Waals surface area (Å²) < 4.78 is 78.5. The molecule has 7 rings (SSSR count). The SMILES string of the molecule is COc1cccc([C@H]2C3=CC[C@@H]4C(=O)N(c5ccc([N+](=O)[O-])cc5)C(=O)[C@@H]4[C@@H]3C[C@@]3(Cl)C(=O)N(c4c(F)c(F)c(F)c(F)c4F)C(=O)[C@@]23Cl)c1O. The average Bonchev–Trinajstić information content (AvgIpc) is 3.45. The van der Waals surface area contributed by atoms with E-state index < -0.39 is 109 Å². The number of nitrogens with zero attached hydrogens (tertiary/aromatic N) is 3. The second-order valence-electron chi connectivity index (χ2n) is 12.4. The van der Waals surface area contributed by atoms with Gasteiger partial charge in [-0.25, -0.2) is 26.9 Å². The zero-order valence-electron chi connectivity index (χ0n) is 25.6. The minimum Gasteiger partial charge on any atom is -0.504 e. The Bertz CT molecular complexity index is 2140. The van der Waals surface area contributed by atoms with E-state index >= 15 is 8.78 Å². The number of para-hydroxylation sites is 1. The molecule has 2 saturated heterocycles. The van der Waals surface area contributed by atoms with Gasteiger partial charge in [-0.05, 0) is 37.0 Å². The zero-order valence-corrected chi connectivity index (χ0v) is 27.1. The Labute approximate surface area is 292 Å². The summed E-state index contributed by atoms with van der Waals surface area (Å²) in [6, 6.07) is 8.48. The lowest BCUT2D eigenvalue weighted by atomic mass is 9.56. The van der Waals surface area contributed by atoms with Gasteiger partial charge in [0.05, 0.1) is 29.6 Å². The number of phenolic OH excluding ortho intramolecular Hbond substituents is 1.